The monoisotopic (exact) mass is 423 g/mol. The van der Waals surface area contributed by atoms with Crippen molar-refractivity contribution in [2.45, 2.75) is 47.2 Å². The highest BCUT2D eigenvalue weighted by atomic mass is 16.2. The molecule has 0 fully saturated rings. The van der Waals surface area contributed by atoms with Crippen molar-refractivity contribution >= 4 is 17.5 Å². The molecule has 0 radical (unpaired) electrons. The van der Waals surface area contributed by atoms with Gasteiger partial charge in [0, 0.05) is 36.9 Å². The Bertz CT molecular complexity index is 1170. The van der Waals surface area contributed by atoms with Gasteiger partial charge in [-0.1, -0.05) is 19.9 Å². The van der Waals surface area contributed by atoms with Gasteiger partial charge < -0.3 is 19.6 Å². The number of hydrogen-bond donors (Lipinski definition) is 2. The van der Waals surface area contributed by atoms with E-state index in [0.29, 0.717) is 12.2 Å². The average Bonchev–Trinajstić information content (AvgIpc) is 3.14. The fourth-order valence-electron chi connectivity index (χ4n) is 3.16. The summed E-state index contributed by atoms with van der Waals surface area (Å²) in [6.45, 7) is 10.4. The van der Waals surface area contributed by atoms with Gasteiger partial charge in [-0.05, 0) is 38.8 Å². The molecule has 8 heteroatoms. The Labute approximate surface area is 181 Å². The second-order valence-electron chi connectivity index (χ2n) is 8.37. The number of hydrogen-bond acceptors (Lipinski definition) is 4. The van der Waals surface area contributed by atoms with Crippen LogP contribution < -0.4 is 16.1 Å². The summed E-state index contributed by atoms with van der Waals surface area (Å²) in [6, 6.07) is 5.76. The lowest BCUT2D eigenvalue weighted by molar-refractivity contribution is 0.0946. The number of nitrogens with zero attached hydrogens (tertiary/aromatic N) is 3. The number of fused-ring (bicyclic) bond motifs is 1. The second-order valence-corrected chi connectivity index (χ2v) is 8.37. The van der Waals surface area contributed by atoms with Crippen LogP contribution in [0.15, 0.2) is 41.6 Å². The number of nitrogens with one attached hydrogen (secondary N) is 2. The molecular formula is C23H29N5O3. The molecular weight excluding hydrogens is 394 g/mol. The largest absolute Gasteiger partial charge is 0.352 e. The van der Waals surface area contributed by atoms with Crippen molar-refractivity contribution < 1.29 is 9.59 Å². The van der Waals surface area contributed by atoms with Crippen LogP contribution in [0.25, 0.3) is 5.65 Å². The van der Waals surface area contributed by atoms with Crippen LogP contribution in [0.4, 0.5) is 0 Å². The maximum absolute atomic E-state index is 12.9. The minimum Gasteiger partial charge on any atom is -0.352 e. The molecule has 0 atom stereocenters. The Morgan fingerprint density at radius 1 is 1.00 bits per heavy atom. The molecule has 0 unspecified atom stereocenters. The van der Waals surface area contributed by atoms with E-state index in [-0.39, 0.29) is 29.6 Å². The van der Waals surface area contributed by atoms with E-state index in [4.69, 9.17) is 0 Å². The molecule has 0 aliphatic heterocycles. The first-order chi connectivity index (χ1) is 14.7. The number of amides is 2. The van der Waals surface area contributed by atoms with Gasteiger partial charge in [-0.15, -0.1) is 0 Å². The molecule has 0 saturated carbocycles. The van der Waals surface area contributed by atoms with E-state index in [1.807, 2.05) is 63.4 Å². The summed E-state index contributed by atoms with van der Waals surface area (Å²) in [4.78, 5) is 42.8. The highest BCUT2D eigenvalue weighted by Gasteiger charge is 2.20. The fourth-order valence-corrected chi connectivity index (χ4v) is 3.16. The quantitative estimate of drug-likeness (QED) is 0.611. The molecule has 0 aromatic carbocycles. The van der Waals surface area contributed by atoms with Crippen molar-refractivity contribution in [3.05, 3.63) is 69.5 Å². The molecule has 0 spiro atoms. The molecule has 0 aliphatic carbocycles. The Morgan fingerprint density at radius 3 is 2.23 bits per heavy atom. The molecule has 0 saturated heterocycles. The van der Waals surface area contributed by atoms with Gasteiger partial charge in [0.25, 0.3) is 11.8 Å². The lowest BCUT2D eigenvalue weighted by Gasteiger charge is -2.15. The Hall–Kier alpha value is -3.42. The lowest BCUT2D eigenvalue weighted by Crippen LogP contribution is -2.36. The highest BCUT2D eigenvalue weighted by molar-refractivity contribution is 5.99. The number of rotatable bonds is 7. The third-order valence-electron chi connectivity index (χ3n) is 4.98. The van der Waals surface area contributed by atoms with Gasteiger partial charge in [-0.25, -0.2) is 4.98 Å². The number of carbonyl (C=O) groups is 2. The molecule has 3 heterocycles. The molecule has 2 amide bonds. The first kappa shape index (κ1) is 22.3. The molecule has 0 aliphatic rings. The third kappa shape index (κ3) is 5.02. The van der Waals surface area contributed by atoms with Crippen molar-refractivity contribution in [3.8, 4) is 0 Å². The third-order valence-corrected chi connectivity index (χ3v) is 4.98. The van der Waals surface area contributed by atoms with Crippen LogP contribution in [0.1, 0.15) is 65.8 Å². The van der Waals surface area contributed by atoms with Crippen molar-refractivity contribution in [1.82, 2.24) is 24.6 Å². The molecule has 0 bridgehead atoms. The first-order valence-corrected chi connectivity index (χ1v) is 10.4. The predicted molar refractivity (Wildman–Crippen MR) is 119 cm³/mol. The minimum atomic E-state index is -0.582. The minimum absolute atomic E-state index is 0.0230. The van der Waals surface area contributed by atoms with Crippen molar-refractivity contribution in [3.63, 3.8) is 0 Å². The summed E-state index contributed by atoms with van der Waals surface area (Å²) in [5.41, 5.74) is 1.81. The van der Waals surface area contributed by atoms with Crippen LogP contribution in [-0.4, -0.2) is 32.3 Å². The number of aryl methyl sites for hydroxylation is 1. The van der Waals surface area contributed by atoms with E-state index in [9.17, 15) is 14.4 Å². The molecule has 3 aromatic rings. The summed E-state index contributed by atoms with van der Waals surface area (Å²) < 4.78 is 3.64. The zero-order chi connectivity index (χ0) is 22.7. The molecule has 3 rings (SSSR count). The number of pyridine rings is 2. The van der Waals surface area contributed by atoms with Gasteiger partial charge in [0.2, 0.25) is 5.43 Å². The van der Waals surface area contributed by atoms with Gasteiger partial charge in [0.15, 0.2) is 0 Å². The second kappa shape index (κ2) is 9.16. The Balaban J connectivity index is 1.85. The van der Waals surface area contributed by atoms with Crippen molar-refractivity contribution in [2.24, 2.45) is 5.92 Å². The number of imidazole rings is 1. The number of aromatic nitrogens is 3. The SMILES string of the molecule is Cc1cccc2nc(CNC(=O)c3cn(C(C)C)cc(C(=O)NCC(C)C)c3=O)cn12. The van der Waals surface area contributed by atoms with Crippen LogP contribution >= 0.6 is 0 Å². The maximum atomic E-state index is 12.9. The first-order valence-electron chi connectivity index (χ1n) is 10.4. The summed E-state index contributed by atoms with van der Waals surface area (Å²) in [6.07, 6.45) is 4.85. The van der Waals surface area contributed by atoms with Crippen molar-refractivity contribution in [2.75, 3.05) is 6.54 Å². The molecule has 31 heavy (non-hydrogen) atoms. The van der Waals surface area contributed by atoms with E-state index in [0.717, 1.165) is 11.3 Å². The van der Waals surface area contributed by atoms with Gasteiger partial charge in [0.05, 0.1) is 12.2 Å². The van der Waals surface area contributed by atoms with E-state index in [1.165, 1.54) is 12.4 Å². The average molecular weight is 424 g/mol. The van der Waals surface area contributed by atoms with Gasteiger partial charge in [-0.2, -0.15) is 0 Å². The normalized spacial score (nSPS) is 11.3. The fraction of sp³-hybridized carbons (Fsp3) is 0.391. The van der Waals surface area contributed by atoms with Crippen LogP contribution in [-0.2, 0) is 6.54 Å². The maximum Gasteiger partial charge on any atom is 0.257 e. The van der Waals surface area contributed by atoms with Crippen LogP contribution in [0.3, 0.4) is 0 Å². The molecule has 2 N–H and O–H groups in total. The standard InChI is InChI=1S/C23H29N5O3/c1-14(2)9-24-22(30)18-12-27(15(3)4)13-19(21(18)29)23(31)25-10-17-11-28-16(5)7-6-8-20(28)26-17/h6-8,11-15H,9-10H2,1-5H3,(H,24,30)(H,25,31). The van der Waals surface area contributed by atoms with Gasteiger partial charge >= 0.3 is 0 Å². The summed E-state index contributed by atoms with van der Waals surface area (Å²) in [7, 11) is 0. The number of carbonyl (C=O) groups excluding carboxylic acids is 2. The van der Waals surface area contributed by atoms with Gasteiger partial charge in [-0.3, -0.25) is 14.4 Å². The van der Waals surface area contributed by atoms with E-state index < -0.39 is 17.2 Å². The smallest absolute Gasteiger partial charge is 0.257 e. The van der Waals surface area contributed by atoms with Crippen molar-refractivity contribution in [1.29, 1.82) is 0 Å². The Kier molecular flexibility index (Phi) is 6.58. The van der Waals surface area contributed by atoms with E-state index in [2.05, 4.69) is 15.6 Å². The zero-order valence-electron chi connectivity index (χ0n) is 18.6. The molecule has 3 aromatic heterocycles. The Morgan fingerprint density at radius 2 is 1.65 bits per heavy atom. The van der Waals surface area contributed by atoms with Crippen LogP contribution in [0.2, 0.25) is 0 Å². The summed E-state index contributed by atoms with van der Waals surface area (Å²) in [5.74, 6) is -0.762. The molecule has 8 nitrogen and oxygen atoms in total. The lowest BCUT2D eigenvalue weighted by atomic mass is 10.1. The topological polar surface area (TPSA) is 97.5 Å². The van der Waals surface area contributed by atoms with Crippen LogP contribution in [0.5, 0.6) is 0 Å². The zero-order valence-corrected chi connectivity index (χ0v) is 18.6. The predicted octanol–water partition coefficient (Wildman–Crippen LogP) is 2.70. The summed E-state index contributed by atoms with van der Waals surface area (Å²) >= 11 is 0. The van der Waals surface area contributed by atoms with E-state index in [1.54, 1.807) is 4.57 Å². The van der Waals surface area contributed by atoms with Gasteiger partial charge in [0.1, 0.15) is 16.8 Å². The van der Waals surface area contributed by atoms with E-state index >= 15 is 0 Å². The van der Waals surface area contributed by atoms with Crippen LogP contribution in [0, 0.1) is 12.8 Å². The summed E-state index contributed by atoms with van der Waals surface area (Å²) in [5, 5.41) is 5.51. The highest BCUT2D eigenvalue weighted by Crippen LogP contribution is 2.10. The molecule has 164 valence electrons.